The van der Waals surface area contributed by atoms with Gasteiger partial charge in [-0.15, -0.1) is 0 Å². The highest BCUT2D eigenvalue weighted by Crippen LogP contribution is 2.38. The second-order valence-corrected chi connectivity index (χ2v) is 10.7. The maximum absolute atomic E-state index is 13.4. The second-order valence-electron chi connectivity index (χ2n) is 10.7. The topological polar surface area (TPSA) is 53.2 Å². The van der Waals surface area contributed by atoms with Gasteiger partial charge in [-0.05, 0) is 53.5 Å². The van der Waals surface area contributed by atoms with Crippen LogP contribution in [0.25, 0.3) is 22.0 Å². The van der Waals surface area contributed by atoms with Gasteiger partial charge in [0.25, 0.3) is 5.56 Å². The van der Waals surface area contributed by atoms with Crippen LogP contribution in [0.5, 0.6) is 0 Å². The van der Waals surface area contributed by atoms with Crippen molar-refractivity contribution in [2.75, 3.05) is 13.1 Å². The van der Waals surface area contributed by atoms with Crippen molar-refractivity contribution in [1.29, 1.82) is 0 Å². The van der Waals surface area contributed by atoms with Crippen molar-refractivity contribution in [2.45, 2.75) is 31.6 Å². The number of carbonyl (C=O) groups is 1. The van der Waals surface area contributed by atoms with E-state index in [-0.39, 0.29) is 11.5 Å². The average Bonchev–Trinajstić information content (AvgIpc) is 3.01. The first-order valence-corrected chi connectivity index (χ1v) is 14.3. The van der Waals surface area contributed by atoms with E-state index < -0.39 is 0 Å². The van der Waals surface area contributed by atoms with Crippen molar-refractivity contribution >= 4 is 16.8 Å². The molecule has 1 aliphatic rings. The highest BCUT2D eigenvalue weighted by molar-refractivity contribution is 5.96. The average molecular weight is 527 g/mol. The van der Waals surface area contributed by atoms with Gasteiger partial charge in [0.1, 0.15) is 0 Å². The molecule has 1 fully saturated rings. The van der Waals surface area contributed by atoms with Crippen LogP contribution in [-0.4, -0.2) is 28.9 Å². The molecule has 4 nitrogen and oxygen atoms in total. The van der Waals surface area contributed by atoms with Crippen LogP contribution in [-0.2, 0) is 11.2 Å². The third kappa shape index (κ3) is 5.35. The summed E-state index contributed by atoms with van der Waals surface area (Å²) in [5.41, 5.74) is 5.99. The van der Waals surface area contributed by atoms with Gasteiger partial charge in [0.2, 0.25) is 5.91 Å². The summed E-state index contributed by atoms with van der Waals surface area (Å²) in [7, 11) is 0. The van der Waals surface area contributed by atoms with E-state index in [4.69, 9.17) is 0 Å². The summed E-state index contributed by atoms with van der Waals surface area (Å²) >= 11 is 0. The monoisotopic (exact) mass is 526 g/mol. The number of benzene rings is 4. The lowest BCUT2D eigenvalue weighted by Crippen LogP contribution is -2.40. The Kier molecular flexibility index (Phi) is 7.58. The van der Waals surface area contributed by atoms with E-state index in [0.717, 1.165) is 48.0 Å². The number of carbonyl (C=O) groups excluding carboxylic acids is 1. The summed E-state index contributed by atoms with van der Waals surface area (Å²) in [6.45, 7) is 1.50. The zero-order valence-electron chi connectivity index (χ0n) is 22.6. The first-order chi connectivity index (χ1) is 19.7. The number of aromatic nitrogens is 1. The van der Waals surface area contributed by atoms with Crippen LogP contribution in [0.3, 0.4) is 0 Å². The predicted molar refractivity (Wildman–Crippen MR) is 162 cm³/mol. The Balaban J connectivity index is 1.18. The quantitative estimate of drug-likeness (QED) is 0.244. The Hall–Kier alpha value is -4.44. The minimum atomic E-state index is -0.113. The van der Waals surface area contributed by atoms with Gasteiger partial charge in [-0.1, -0.05) is 109 Å². The molecule has 0 atom stereocenters. The van der Waals surface area contributed by atoms with E-state index in [1.165, 1.54) is 11.1 Å². The summed E-state index contributed by atoms with van der Waals surface area (Å²) in [6, 6.07) is 39.4. The zero-order valence-corrected chi connectivity index (χ0v) is 22.6. The summed E-state index contributed by atoms with van der Waals surface area (Å²) in [5.74, 6) is 0.923. The van der Waals surface area contributed by atoms with E-state index in [1.54, 1.807) is 0 Å². The van der Waals surface area contributed by atoms with Crippen LogP contribution in [0.15, 0.2) is 120 Å². The number of amides is 1. The molecule has 5 aromatic rings. The summed E-state index contributed by atoms with van der Waals surface area (Å²) in [4.78, 5) is 31.7. The van der Waals surface area contributed by atoms with Crippen LogP contribution in [0.4, 0.5) is 0 Å². The van der Waals surface area contributed by atoms with Crippen molar-refractivity contribution in [3.8, 4) is 11.1 Å². The van der Waals surface area contributed by atoms with Crippen LogP contribution >= 0.6 is 0 Å². The molecule has 1 aliphatic heterocycles. The van der Waals surface area contributed by atoms with E-state index >= 15 is 0 Å². The molecule has 0 aliphatic carbocycles. The van der Waals surface area contributed by atoms with Crippen LogP contribution in [0.2, 0.25) is 0 Å². The van der Waals surface area contributed by atoms with Gasteiger partial charge in [0.15, 0.2) is 0 Å². The van der Waals surface area contributed by atoms with Crippen molar-refractivity contribution in [2.24, 2.45) is 5.92 Å². The highest BCUT2D eigenvalue weighted by atomic mass is 16.2. The van der Waals surface area contributed by atoms with E-state index in [0.29, 0.717) is 30.2 Å². The number of fused-ring (bicyclic) bond motifs is 1. The van der Waals surface area contributed by atoms with Crippen molar-refractivity contribution < 1.29 is 4.79 Å². The molecule has 1 N–H and O–H groups in total. The van der Waals surface area contributed by atoms with Crippen LogP contribution in [0, 0.1) is 5.92 Å². The number of nitrogens with zero attached hydrogens (tertiary/aromatic N) is 1. The van der Waals surface area contributed by atoms with Crippen molar-refractivity contribution in [3.05, 3.63) is 142 Å². The molecule has 1 amide bonds. The fraction of sp³-hybridized carbons (Fsp3) is 0.222. The summed E-state index contributed by atoms with van der Waals surface area (Å²) in [5, 5.41) is 1.00. The fourth-order valence-corrected chi connectivity index (χ4v) is 6.39. The standard InChI is InChI=1S/C36H34N2O2/c39-33(21-20-31-35(28-16-8-3-9-17-28)30-18-10-11-19-32(30)37-36(31)40)38-24-22-29(23-25-38)34(26-12-4-1-5-13-26)27-14-6-2-7-15-27/h1-19,29,34H,20-25H2,(H,37,40). The number of hydrogen-bond donors (Lipinski definition) is 1. The number of H-pyrrole nitrogens is 1. The lowest BCUT2D eigenvalue weighted by molar-refractivity contribution is -0.132. The molecule has 1 aromatic heterocycles. The molecule has 0 unspecified atom stereocenters. The molecule has 4 aromatic carbocycles. The number of aromatic amines is 1. The predicted octanol–water partition coefficient (Wildman–Crippen LogP) is 7.20. The van der Waals surface area contributed by atoms with Crippen molar-refractivity contribution in [1.82, 2.24) is 9.88 Å². The third-order valence-electron chi connectivity index (χ3n) is 8.35. The van der Waals surface area contributed by atoms with Gasteiger partial charge in [-0.25, -0.2) is 0 Å². The zero-order chi connectivity index (χ0) is 27.3. The fourth-order valence-electron chi connectivity index (χ4n) is 6.39. The molecule has 0 saturated carbocycles. The minimum absolute atomic E-state index is 0.113. The van der Waals surface area contributed by atoms with E-state index in [2.05, 4.69) is 65.6 Å². The molecule has 200 valence electrons. The number of para-hydroxylation sites is 1. The lowest BCUT2D eigenvalue weighted by atomic mass is 9.76. The van der Waals surface area contributed by atoms with Crippen LogP contribution < -0.4 is 5.56 Å². The van der Waals surface area contributed by atoms with Gasteiger partial charge in [-0.3, -0.25) is 9.59 Å². The Morgan fingerprint density at radius 1 is 0.750 bits per heavy atom. The third-order valence-corrected chi connectivity index (χ3v) is 8.35. The lowest BCUT2D eigenvalue weighted by Gasteiger charge is -2.37. The maximum atomic E-state index is 13.4. The Bertz CT molecular complexity index is 1600. The number of nitrogens with one attached hydrogen (secondary N) is 1. The Morgan fingerprint density at radius 2 is 1.30 bits per heavy atom. The molecule has 0 radical (unpaired) electrons. The number of hydrogen-bond acceptors (Lipinski definition) is 2. The largest absolute Gasteiger partial charge is 0.343 e. The SMILES string of the molecule is O=C(CCc1c(-c2ccccc2)c2ccccc2[nH]c1=O)N1CCC(C(c2ccccc2)c2ccccc2)CC1. The molecular formula is C36H34N2O2. The van der Waals surface area contributed by atoms with E-state index in [1.807, 2.05) is 59.5 Å². The number of likely N-dealkylation sites (tertiary alicyclic amines) is 1. The molecule has 0 bridgehead atoms. The molecule has 0 spiro atoms. The highest BCUT2D eigenvalue weighted by Gasteiger charge is 2.30. The normalized spacial score (nSPS) is 14.1. The molecule has 6 rings (SSSR count). The molecule has 4 heteroatoms. The number of pyridine rings is 1. The maximum Gasteiger partial charge on any atom is 0.252 e. The number of piperidine rings is 1. The Labute approximate surface area is 235 Å². The number of rotatable bonds is 7. The molecule has 2 heterocycles. The Morgan fingerprint density at radius 3 is 1.93 bits per heavy atom. The van der Waals surface area contributed by atoms with E-state index in [9.17, 15) is 9.59 Å². The second kappa shape index (κ2) is 11.7. The molecule has 40 heavy (non-hydrogen) atoms. The van der Waals surface area contributed by atoms with Crippen LogP contribution in [0.1, 0.15) is 41.9 Å². The van der Waals surface area contributed by atoms with Gasteiger partial charge in [-0.2, -0.15) is 0 Å². The first kappa shape index (κ1) is 25.8. The summed E-state index contributed by atoms with van der Waals surface area (Å²) < 4.78 is 0. The van der Waals surface area contributed by atoms with Gasteiger partial charge in [0, 0.05) is 41.9 Å². The van der Waals surface area contributed by atoms with Gasteiger partial charge in [0.05, 0.1) is 0 Å². The first-order valence-electron chi connectivity index (χ1n) is 14.3. The summed E-state index contributed by atoms with van der Waals surface area (Å²) in [6.07, 6.45) is 2.67. The molecular weight excluding hydrogens is 492 g/mol. The van der Waals surface area contributed by atoms with Gasteiger partial charge < -0.3 is 9.88 Å². The molecule has 1 saturated heterocycles. The smallest absolute Gasteiger partial charge is 0.252 e. The van der Waals surface area contributed by atoms with Crippen molar-refractivity contribution in [3.63, 3.8) is 0 Å². The minimum Gasteiger partial charge on any atom is -0.343 e. The van der Waals surface area contributed by atoms with Gasteiger partial charge >= 0.3 is 0 Å².